The number of piperidine rings is 1. The van der Waals surface area contributed by atoms with E-state index in [1.54, 1.807) is 12.5 Å². The van der Waals surface area contributed by atoms with Gasteiger partial charge in [-0.3, -0.25) is 19.9 Å². The molecule has 3 heterocycles. The summed E-state index contributed by atoms with van der Waals surface area (Å²) in [6, 6.07) is 0.192. The van der Waals surface area contributed by atoms with Crippen LogP contribution in [-0.4, -0.2) is 58.0 Å². The lowest BCUT2D eigenvalue weighted by Gasteiger charge is -2.40. The van der Waals surface area contributed by atoms with Crippen LogP contribution in [0.4, 0.5) is 0 Å². The van der Waals surface area contributed by atoms with Crippen LogP contribution in [0.3, 0.4) is 0 Å². The fraction of sp³-hybridized carbons (Fsp3) is 0.688. The first-order valence-electron chi connectivity index (χ1n) is 8.59. The summed E-state index contributed by atoms with van der Waals surface area (Å²) in [4.78, 5) is 30.8. The van der Waals surface area contributed by atoms with Crippen LogP contribution in [0.5, 0.6) is 0 Å². The van der Waals surface area contributed by atoms with Gasteiger partial charge in [0.2, 0.25) is 11.8 Å². The zero-order valence-electron chi connectivity index (χ0n) is 14.2. The number of aryl methyl sites for hydroxylation is 1. The predicted molar refractivity (Wildman–Crippen MR) is 88.6 cm³/mol. The topological polar surface area (TPSA) is 91.3 Å². The zero-order chi connectivity index (χ0) is 17.1. The molecule has 3 rings (SSSR count). The molecule has 3 unspecified atom stereocenters. The molecule has 1 aromatic heterocycles. The molecule has 2 aliphatic heterocycles. The number of hydrogen-bond donors (Lipinski definition) is 3. The van der Waals surface area contributed by atoms with Crippen molar-refractivity contribution in [1.29, 1.82) is 0 Å². The second-order valence-electron chi connectivity index (χ2n) is 6.87. The molecule has 0 spiro atoms. The molecule has 24 heavy (non-hydrogen) atoms. The first-order chi connectivity index (χ1) is 11.6. The Balaban J connectivity index is 1.54. The molecule has 0 radical (unpaired) electrons. The third-order valence-corrected chi connectivity index (χ3v) is 4.95. The third-order valence-electron chi connectivity index (χ3n) is 4.95. The average molecular weight is 334 g/mol. The average Bonchev–Trinajstić information content (AvgIpc) is 3.21. The van der Waals surface area contributed by atoms with Gasteiger partial charge in [0.1, 0.15) is 0 Å². The van der Waals surface area contributed by atoms with Crippen molar-refractivity contribution in [2.75, 3.05) is 19.6 Å². The number of hydrazine groups is 1. The standard InChI is InChI=1S/C16H26N6O2/c1-11(2)22-8-12(14-13(9-22)16(24)20-19-14)15(23)18-4-3-6-21-7-5-17-10-21/h5,7,10-14,19H,3-4,6,8-9H2,1-2H3,(H,18,23)(H,20,24). The molecule has 0 aromatic carbocycles. The third kappa shape index (κ3) is 3.59. The van der Waals surface area contributed by atoms with Gasteiger partial charge in [-0.15, -0.1) is 0 Å². The van der Waals surface area contributed by atoms with E-state index in [0.717, 1.165) is 13.0 Å². The number of nitrogens with one attached hydrogen (secondary N) is 3. The van der Waals surface area contributed by atoms with Crippen LogP contribution < -0.4 is 16.2 Å². The number of carbonyl (C=O) groups excluding carboxylic acids is 2. The Bertz CT molecular complexity index is 573. The minimum Gasteiger partial charge on any atom is -0.356 e. The Morgan fingerprint density at radius 3 is 3.00 bits per heavy atom. The summed E-state index contributed by atoms with van der Waals surface area (Å²) < 4.78 is 1.99. The number of carbonyl (C=O) groups is 2. The van der Waals surface area contributed by atoms with Gasteiger partial charge in [-0.1, -0.05) is 0 Å². The Kier molecular flexibility index (Phi) is 5.15. The van der Waals surface area contributed by atoms with E-state index in [4.69, 9.17) is 0 Å². The normalized spacial score (nSPS) is 27.1. The van der Waals surface area contributed by atoms with Crippen molar-refractivity contribution < 1.29 is 9.59 Å². The van der Waals surface area contributed by atoms with E-state index in [2.05, 4.69) is 39.9 Å². The summed E-state index contributed by atoms with van der Waals surface area (Å²) in [5.74, 6) is -0.380. The molecular formula is C16H26N6O2. The van der Waals surface area contributed by atoms with Crippen molar-refractivity contribution in [3.8, 4) is 0 Å². The summed E-state index contributed by atoms with van der Waals surface area (Å²) >= 11 is 0. The molecule has 3 N–H and O–H groups in total. The highest BCUT2D eigenvalue weighted by atomic mass is 16.2. The maximum Gasteiger partial charge on any atom is 0.240 e. The van der Waals surface area contributed by atoms with Crippen LogP contribution in [0.25, 0.3) is 0 Å². The van der Waals surface area contributed by atoms with Crippen molar-refractivity contribution in [3.05, 3.63) is 18.7 Å². The molecule has 8 heteroatoms. The van der Waals surface area contributed by atoms with E-state index in [-0.39, 0.29) is 29.7 Å². The SMILES string of the molecule is CC(C)N1CC(C(=O)NCCCn2ccnc2)C2NNC(=O)C2C1. The van der Waals surface area contributed by atoms with Crippen LogP contribution >= 0.6 is 0 Å². The van der Waals surface area contributed by atoms with Crippen molar-refractivity contribution in [1.82, 2.24) is 30.6 Å². The number of nitrogens with zero attached hydrogens (tertiary/aromatic N) is 3. The fourth-order valence-corrected chi connectivity index (χ4v) is 3.47. The highest BCUT2D eigenvalue weighted by molar-refractivity contribution is 5.85. The van der Waals surface area contributed by atoms with Gasteiger partial charge in [0.15, 0.2) is 0 Å². The van der Waals surface area contributed by atoms with Crippen molar-refractivity contribution >= 4 is 11.8 Å². The molecule has 3 atom stereocenters. The lowest BCUT2D eigenvalue weighted by molar-refractivity contribution is -0.130. The molecule has 0 saturated carbocycles. The van der Waals surface area contributed by atoms with Gasteiger partial charge in [0.05, 0.1) is 24.2 Å². The Morgan fingerprint density at radius 2 is 2.29 bits per heavy atom. The molecule has 1 aromatic rings. The number of amides is 2. The van der Waals surface area contributed by atoms with E-state index in [9.17, 15) is 9.59 Å². The Morgan fingerprint density at radius 1 is 1.46 bits per heavy atom. The minimum atomic E-state index is -0.224. The highest BCUT2D eigenvalue weighted by Crippen LogP contribution is 2.27. The van der Waals surface area contributed by atoms with Crippen molar-refractivity contribution in [2.45, 2.75) is 38.9 Å². The lowest BCUT2D eigenvalue weighted by Crippen LogP contribution is -2.58. The first-order valence-corrected chi connectivity index (χ1v) is 8.59. The number of aromatic nitrogens is 2. The molecule has 132 valence electrons. The highest BCUT2D eigenvalue weighted by Gasteiger charge is 2.47. The first kappa shape index (κ1) is 16.9. The largest absolute Gasteiger partial charge is 0.356 e. The molecular weight excluding hydrogens is 308 g/mol. The van der Waals surface area contributed by atoms with Crippen LogP contribution in [0, 0.1) is 11.8 Å². The van der Waals surface area contributed by atoms with E-state index < -0.39 is 0 Å². The predicted octanol–water partition coefficient (Wildman–Crippen LogP) is -0.651. The van der Waals surface area contributed by atoms with Gasteiger partial charge in [-0.25, -0.2) is 10.4 Å². The van der Waals surface area contributed by atoms with Gasteiger partial charge in [0.25, 0.3) is 0 Å². The van der Waals surface area contributed by atoms with Gasteiger partial charge >= 0.3 is 0 Å². The van der Waals surface area contributed by atoms with Gasteiger partial charge in [-0.2, -0.15) is 0 Å². The maximum atomic E-state index is 12.6. The minimum absolute atomic E-state index is 0.0109. The number of fused-ring (bicyclic) bond motifs is 1. The molecule has 2 fully saturated rings. The van der Waals surface area contributed by atoms with Gasteiger partial charge < -0.3 is 9.88 Å². The number of hydrogen-bond acceptors (Lipinski definition) is 5. The lowest BCUT2D eigenvalue weighted by atomic mass is 9.83. The Labute approximate surface area is 142 Å². The van der Waals surface area contributed by atoms with Crippen LogP contribution in [0.15, 0.2) is 18.7 Å². The quantitative estimate of drug-likeness (QED) is 0.601. The summed E-state index contributed by atoms with van der Waals surface area (Å²) in [6.45, 7) is 7.02. The van der Waals surface area contributed by atoms with Gasteiger partial charge in [-0.05, 0) is 20.3 Å². The molecule has 0 aliphatic carbocycles. The summed E-state index contributed by atoms with van der Waals surface area (Å²) in [6.07, 6.45) is 6.28. The van der Waals surface area contributed by atoms with Crippen LogP contribution in [-0.2, 0) is 16.1 Å². The summed E-state index contributed by atoms with van der Waals surface area (Å²) in [5, 5.41) is 3.02. The van der Waals surface area contributed by atoms with E-state index in [1.807, 2.05) is 10.8 Å². The fourth-order valence-electron chi connectivity index (χ4n) is 3.47. The second kappa shape index (κ2) is 7.31. The summed E-state index contributed by atoms with van der Waals surface area (Å²) in [7, 11) is 0. The molecule has 0 bridgehead atoms. The maximum absolute atomic E-state index is 12.6. The van der Waals surface area contributed by atoms with E-state index in [1.165, 1.54) is 0 Å². The smallest absolute Gasteiger partial charge is 0.240 e. The van der Waals surface area contributed by atoms with Gasteiger partial charge in [0, 0.05) is 44.6 Å². The van der Waals surface area contributed by atoms with E-state index >= 15 is 0 Å². The second-order valence-corrected chi connectivity index (χ2v) is 6.87. The monoisotopic (exact) mass is 334 g/mol. The van der Waals surface area contributed by atoms with Crippen LogP contribution in [0.2, 0.25) is 0 Å². The molecule has 2 saturated heterocycles. The van der Waals surface area contributed by atoms with Crippen molar-refractivity contribution in [3.63, 3.8) is 0 Å². The molecule has 2 amide bonds. The van der Waals surface area contributed by atoms with Crippen molar-refractivity contribution in [2.24, 2.45) is 11.8 Å². The summed E-state index contributed by atoms with van der Waals surface area (Å²) in [5.41, 5.74) is 5.70. The van der Waals surface area contributed by atoms with E-state index in [0.29, 0.717) is 25.7 Å². The number of rotatable bonds is 6. The van der Waals surface area contributed by atoms with Crippen LogP contribution in [0.1, 0.15) is 20.3 Å². The molecule has 8 nitrogen and oxygen atoms in total. The molecule has 2 aliphatic rings. The number of likely N-dealkylation sites (tertiary alicyclic amines) is 1. The Hall–Kier alpha value is -1.93. The number of imidazole rings is 1. The zero-order valence-corrected chi connectivity index (χ0v) is 14.2.